The Balaban J connectivity index is 1.54. The van der Waals surface area contributed by atoms with Gasteiger partial charge >= 0.3 is 5.97 Å². The third-order valence-electron chi connectivity index (χ3n) is 3.54. The topological polar surface area (TPSA) is 57.0 Å². The number of aromatic nitrogens is 3. The van der Waals surface area contributed by atoms with Crippen molar-refractivity contribution in [1.82, 2.24) is 15.0 Å². The molecule has 0 fully saturated rings. The fourth-order valence-electron chi connectivity index (χ4n) is 2.25. The van der Waals surface area contributed by atoms with Crippen LogP contribution in [-0.2, 0) is 22.7 Å². The normalized spacial score (nSPS) is 11.0. The molecule has 0 spiro atoms. The molecule has 3 rings (SSSR count). The summed E-state index contributed by atoms with van der Waals surface area (Å²) in [5, 5.41) is 7.91. The molecule has 132 valence electrons. The standard InChI is InChI=1S/C19H15F2N3O2/c20-17-8-4-7-15(19(17)21)13-26-18(25)10-9-16-12-24(23-22-16)11-14-5-2-1-3-6-14/h1-10,12H,11,13H2/b10-9+. The molecule has 7 heteroatoms. The Bertz CT molecular complexity index is 924. The lowest BCUT2D eigenvalue weighted by molar-refractivity contribution is -0.139. The van der Waals surface area contributed by atoms with Crippen molar-refractivity contribution in [2.24, 2.45) is 0 Å². The Morgan fingerprint density at radius 3 is 2.73 bits per heavy atom. The molecule has 5 nitrogen and oxygen atoms in total. The van der Waals surface area contributed by atoms with Gasteiger partial charge in [0.1, 0.15) is 12.3 Å². The zero-order valence-corrected chi connectivity index (χ0v) is 13.7. The average Bonchev–Trinajstić information content (AvgIpc) is 3.09. The number of benzene rings is 2. The largest absolute Gasteiger partial charge is 0.458 e. The summed E-state index contributed by atoms with van der Waals surface area (Å²) < 4.78 is 33.1. The van der Waals surface area contributed by atoms with Crippen LogP contribution >= 0.6 is 0 Å². The summed E-state index contributed by atoms with van der Waals surface area (Å²) in [6.45, 7) is 0.207. The van der Waals surface area contributed by atoms with Crippen molar-refractivity contribution >= 4 is 12.0 Å². The van der Waals surface area contributed by atoms with E-state index < -0.39 is 17.6 Å². The molecule has 0 amide bonds. The highest BCUT2D eigenvalue weighted by Gasteiger charge is 2.09. The summed E-state index contributed by atoms with van der Waals surface area (Å²) >= 11 is 0. The molecule has 0 bridgehead atoms. The zero-order valence-electron chi connectivity index (χ0n) is 13.7. The monoisotopic (exact) mass is 355 g/mol. The van der Waals surface area contributed by atoms with Crippen LogP contribution in [0.4, 0.5) is 8.78 Å². The quantitative estimate of drug-likeness (QED) is 0.503. The van der Waals surface area contributed by atoms with E-state index in [1.54, 1.807) is 10.9 Å². The predicted octanol–water partition coefficient (Wildman–Crippen LogP) is 3.36. The highest BCUT2D eigenvalue weighted by atomic mass is 19.2. The fourth-order valence-corrected chi connectivity index (χ4v) is 2.25. The number of halogens is 2. The molecule has 1 aromatic heterocycles. The van der Waals surface area contributed by atoms with Gasteiger partial charge in [0.05, 0.1) is 12.7 Å². The smallest absolute Gasteiger partial charge is 0.331 e. The molecule has 0 saturated carbocycles. The molecule has 0 atom stereocenters. The Morgan fingerprint density at radius 1 is 1.12 bits per heavy atom. The Kier molecular flexibility index (Phi) is 5.48. The van der Waals surface area contributed by atoms with Crippen molar-refractivity contribution in [2.45, 2.75) is 13.2 Å². The number of carbonyl (C=O) groups is 1. The molecule has 0 radical (unpaired) electrons. The second-order valence-corrected chi connectivity index (χ2v) is 5.48. The van der Waals surface area contributed by atoms with Crippen molar-refractivity contribution in [3.63, 3.8) is 0 Å². The number of nitrogens with zero attached hydrogens (tertiary/aromatic N) is 3. The molecule has 0 aliphatic rings. The highest BCUT2D eigenvalue weighted by Crippen LogP contribution is 2.12. The van der Waals surface area contributed by atoms with Crippen LogP contribution in [0.25, 0.3) is 6.08 Å². The van der Waals surface area contributed by atoms with Crippen molar-refractivity contribution in [3.8, 4) is 0 Å². The second-order valence-electron chi connectivity index (χ2n) is 5.48. The van der Waals surface area contributed by atoms with Crippen LogP contribution in [-0.4, -0.2) is 21.0 Å². The van der Waals surface area contributed by atoms with Crippen molar-refractivity contribution in [3.05, 3.63) is 89.3 Å². The highest BCUT2D eigenvalue weighted by molar-refractivity contribution is 5.86. The first-order chi connectivity index (χ1) is 12.6. The second kappa shape index (κ2) is 8.15. The van der Waals surface area contributed by atoms with Crippen LogP contribution in [0, 0.1) is 11.6 Å². The summed E-state index contributed by atoms with van der Waals surface area (Å²) in [4.78, 5) is 11.7. The maximum Gasteiger partial charge on any atom is 0.331 e. The van der Waals surface area contributed by atoms with Crippen LogP contribution < -0.4 is 0 Å². The first-order valence-corrected chi connectivity index (χ1v) is 7.83. The van der Waals surface area contributed by atoms with Gasteiger partial charge < -0.3 is 4.74 Å². The van der Waals surface area contributed by atoms with Gasteiger partial charge in [0.2, 0.25) is 0 Å². The van der Waals surface area contributed by atoms with Gasteiger partial charge in [-0.25, -0.2) is 18.3 Å². The molecular weight excluding hydrogens is 340 g/mol. The first kappa shape index (κ1) is 17.5. The lowest BCUT2D eigenvalue weighted by Gasteiger charge is -2.03. The molecule has 3 aromatic rings. The van der Waals surface area contributed by atoms with E-state index in [4.69, 9.17) is 4.74 Å². The zero-order chi connectivity index (χ0) is 18.4. The Hall–Kier alpha value is -3.35. The van der Waals surface area contributed by atoms with Crippen LogP contribution in [0.15, 0.2) is 60.8 Å². The maximum atomic E-state index is 13.5. The number of carbonyl (C=O) groups excluding carboxylic acids is 1. The van der Waals surface area contributed by atoms with Crippen LogP contribution in [0.1, 0.15) is 16.8 Å². The minimum absolute atomic E-state index is 0.0273. The van der Waals surface area contributed by atoms with Crippen molar-refractivity contribution in [1.29, 1.82) is 0 Å². The molecule has 0 unspecified atom stereocenters. The third-order valence-corrected chi connectivity index (χ3v) is 3.54. The molecule has 0 N–H and O–H groups in total. The van der Waals surface area contributed by atoms with E-state index in [1.165, 1.54) is 18.2 Å². The van der Waals surface area contributed by atoms with E-state index in [0.29, 0.717) is 12.2 Å². The van der Waals surface area contributed by atoms with Crippen molar-refractivity contribution in [2.75, 3.05) is 0 Å². The van der Waals surface area contributed by atoms with Crippen LogP contribution in [0.2, 0.25) is 0 Å². The van der Waals surface area contributed by atoms with Gasteiger partial charge in [0.15, 0.2) is 11.6 Å². The summed E-state index contributed by atoms with van der Waals surface area (Å²) in [7, 11) is 0. The molecule has 0 aliphatic carbocycles. The van der Waals surface area contributed by atoms with E-state index in [2.05, 4.69) is 10.3 Å². The number of hydrogen-bond acceptors (Lipinski definition) is 4. The predicted molar refractivity (Wildman–Crippen MR) is 90.8 cm³/mol. The van der Waals surface area contributed by atoms with Crippen LogP contribution in [0.3, 0.4) is 0 Å². The first-order valence-electron chi connectivity index (χ1n) is 7.83. The number of ether oxygens (including phenoxy) is 1. The maximum absolute atomic E-state index is 13.5. The van der Waals surface area contributed by atoms with Gasteiger partial charge in [0, 0.05) is 11.6 Å². The number of esters is 1. The Labute approximate surface area is 148 Å². The lowest BCUT2D eigenvalue weighted by Crippen LogP contribution is -2.03. The lowest BCUT2D eigenvalue weighted by atomic mass is 10.2. The Morgan fingerprint density at radius 2 is 1.92 bits per heavy atom. The molecule has 1 heterocycles. The summed E-state index contributed by atoms with van der Waals surface area (Å²) in [5.74, 6) is -2.69. The molecule has 2 aromatic carbocycles. The molecule has 26 heavy (non-hydrogen) atoms. The van der Waals surface area contributed by atoms with E-state index in [0.717, 1.165) is 17.7 Å². The van der Waals surface area contributed by atoms with Gasteiger partial charge in [-0.2, -0.15) is 0 Å². The van der Waals surface area contributed by atoms with Gasteiger partial charge in [-0.05, 0) is 17.7 Å². The van der Waals surface area contributed by atoms with Gasteiger partial charge in [-0.1, -0.05) is 47.7 Å². The summed E-state index contributed by atoms with van der Waals surface area (Å²) in [5.41, 5.74) is 1.53. The molecule has 0 aliphatic heterocycles. The number of hydrogen-bond donors (Lipinski definition) is 0. The SMILES string of the molecule is O=C(/C=C/c1cn(Cc2ccccc2)nn1)OCc1cccc(F)c1F. The van der Waals surface area contributed by atoms with Gasteiger partial charge in [-0.15, -0.1) is 5.10 Å². The summed E-state index contributed by atoms with van der Waals surface area (Å²) in [6.07, 6.45) is 4.29. The minimum Gasteiger partial charge on any atom is -0.458 e. The molecular formula is C19H15F2N3O2. The van der Waals surface area contributed by atoms with E-state index in [1.807, 2.05) is 30.3 Å². The summed E-state index contributed by atoms with van der Waals surface area (Å²) in [6, 6.07) is 13.4. The number of rotatable bonds is 6. The third kappa shape index (κ3) is 4.60. The minimum atomic E-state index is -1.02. The average molecular weight is 355 g/mol. The van der Waals surface area contributed by atoms with E-state index in [9.17, 15) is 13.6 Å². The van der Waals surface area contributed by atoms with Gasteiger partial charge in [0.25, 0.3) is 0 Å². The van der Waals surface area contributed by atoms with E-state index in [-0.39, 0.29) is 12.2 Å². The van der Waals surface area contributed by atoms with Crippen molar-refractivity contribution < 1.29 is 18.3 Å². The van der Waals surface area contributed by atoms with Gasteiger partial charge in [-0.3, -0.25) is 0 Å². The molecule has 0 saturated heterocycles. The fraction of sp³-hybridized carbons (Fsp3) is 0.105. The van der Waals surface area contributed by atoms with Crippen LogP contribution in [0.5, 0.6) is 0 Å². The van der Waals surface area contributed by atoms with E-state index >= 15 is 0 Å².